The molecule has 2 heterocycles. The first-order valence-electron chi connectivity index (χ1n) is 6.28. The lowest BCUT2D eigenvalue weighted by Gasteiger charge is -2.44. The van der Waals surface area contributed by atoms with E-state index in [4.69, 9.17) is 11.6 Å². The normalized spacial score (nSPS) is 17.4. The fourth-order valence-corrected chi connectivity index (χ4v) is 3.68. The topological polar surface area (TPSA) is 12.0 Å². The van der Waals surface area contributed by atoms with Crippen LogP contribution in [0.15, 0.2) is 41.8 Å². The number of thiophene rings is 1. The third-order valence-corrected chi connectivity index (χ3v) is 5.07. The molecule has 0 radical (unpaired) electrons. The summed E-state index contributed by atoms with van der Waals surface area (Å²) >= 11 is 8.20. The second kappa shape index (κ2) is 5.04. The van der Waals surface area contributed by atoms with Gasteiger partial charge in [0.1, 0.15) is 0 Å². The molecule has 0 unspecified atom stereocenters. The van der Waals surface area contributed by atoms with Gasteiger partial charge in [0.15, 0.2) is 0 Å². The van der Waals surface area contributed by atoms with Crippen molar-refractivity contribution in [3.63, 3.8) is 0 Å². The van der Waals surface area contributed by atoms with Gasteiger partial charge in [-0.3, -0.25) is 0 Å². The SMILES string of the molecule is Clc1ccccc1C1(CCc2cccs2)CNC1. The summed E-state index contributed by atoms with van der Waals surface area (Å²) in [5, 5.41) is 6.46. The molecule has 1 N–H and O–H groups in total. The van der Waals surface area contributed by atoms with Crippen molar-refractivity contribution in [2.24, 2.45) is 0 Å². The molecule has 1 aliphatic heterocycles. The van der Waals surface area contributed by atoms with Gasteiger partial charge in [0.05, 0.1) is 0 Å². The van der Waals surface area contributed by atoms with Crippen LogP contribution in [0, 0.1) is 0 Å². The lowest BCUT2D eigenvalue weighted by Crippen LogP contribution is -2.57. The minimum atomic E-state index is 0.238. The van der Waals surface area contributed by atoms with Gasteiger partial charge in [-0.05, 0) is 35.9 Å². The Kier molecular flexibility index (Phi) is 3.42. The van der Waals surface area contributed by atoms with Gasteiger partial charge >= 0.3 is 0 Å². The molecule has 0 bridgehead atoms. The number of nitrogens with one attached hydrogen (secondary N) is 1. The van der Waals surface area contributed by atoms with Crippen molar-refractivity contribution < 1.29 is 0 Å². The molecule has 1 aromatic heterocycles. The van der Waals surface area contributed by atoms with Crippen molar-refractivity contribution in [2.75, 3.05) is 13.1 Å². The summed E-state index contributed by atoms with van der Waals surface area (Å²) < 4.78 is 0. The number of hydrogen-bond acceptors (Lipinski definition) is 2. The Bertz CT molecular complexity index is 517. The average molecular weight is 278 g/mol. The van der Waals surface area contributed by atoms with Crippen molar-refractivity contribution in [3.8, 4) is 0 Å². The molecule has 3 heteroatoms. The maximum atomic E-state index is 6.36. The lowest BCUT2D eigenvalue weighted by atomic mass is 9.72. The number of halogens is 1. The zero-order valence-corrected chi connectivity index (χ0v) is 11.7. The fraction of sp³-hybridized carbons (Fsp3) is 0.333. The van der Waals surface area contributed by atoms with Crippen LogP contribution in [-0.2, 0) is 11.8 Å². The van der Waals surface area contributed by atoms with Crippen molar-refractivity contribution in [1.29, 1.82) is 0 Å². The van der Waals surface area contributed by atoms with Gasteiger partial charge in [0.2, 0.25) is 0 Å². The Labute approximate surface area is 117 Å². The van der Waals surface area contributed by atoms with E-state index in [2.05, 4.69) is 35.0 Å². The summed E-state index contributed by atoms with van der Waals surface area (Å²) in [6.07, 6.45) is 2.31. The van der Waals surface area contributed by atoms with E-state index in [0.717, 1.165) is 24.5 Å². The van der Waals surface area contributed by atoms with E-state index in [-0.39, 0.29) is 5.41 Å². The maximum absolute atomic E-state index is 6.36. The minimum absolute atomic E-state index is 0.238. The van der Waals surface area contributed by atoms with Crippen molar-refractivity contribution in [1.82, 2.24) is 5.32 Å². The zero-order chi connectivity index (χ0) is 12.4. The van der Waals surface area contributed by atoms with Gasteiger partial charge in [0, 0.05) is 28.4 Å². The lowest BCUT2D eigenvalue weighted by molar-refractivity contribution is 0.258. The van der Waals surface area contributed by atoms with E-state index in [0.29, 0.717) is 0 Å². The Morgan fingerprint density at radius 2 is 2.00 bits per heavy atom. The molecular weight excluding hydrogens is 262 g/mol. The number of rotatable bonds is 4. The first-order chi connectivity index (χ1) is 8.80. The van der Waals surface area contributed by atoms with E-state index in [9.17, 15) is 0 Å². The fourth-order valence-electron chi connectivity index (χ4n) is 2.64. The molecule has 0 spiro atoms. The predicted octanol–water partition coefficient (Wildman–Crippen LogP) is 3.88. The van der Waals surface area contributed by atoms with E-state index >= 15 is 0 Å². The van der Waals surface area contributed by atoms with Crippen LogP contribution in [0.1, 0.15) is 16.9 Å². The van der Waals surface area contributed by atoms with Gasteiger partial charge < -0.3 is 5.32 Å². The highest BCUT2D eigenvalue weighted by atomic mass is 35.5. The Hall–Kier alpha value is -0.830. The van der Waals surface area contributed by atoms with Gasteiger partial charge in [-0.15, -0.1) is 11.3 Å². The third-order valence-electron chi connectivity index (χ3n) is 3.80. The highest BCUT2D eigenvalue weighted by Gasteiger charge is 2.39. The van der Waals surface area contributed by atoms with Crippen molar-refractivity contribution in [2.45, 2.75) is 18.3 Å². The number of hydrogen-bond donors (Lipinski definition) is 1. The van der Waals surface area contributed by atoms with Crippen LogP contribution < -0.4 is 5.32 Å². The smallest absolute Gasteiger partial charge is 0.0444 e. The summed E-state index contributed by atoms with van der Waals surface area (Å²) in [6, 6.07) is 12.6. The van der Waals surface area contributed by atoms with Crippen LogP contribution >= 0.6 is 22.9 Å². The molecule has 1 fully saturated rings. The molecule has 1 aromatic carbocycles. The molecular formula is C15H16ClNS. The van der Waals surface area contributed by atoms with Gasteiger partial charge in [-0.2, -0.15) is 0 Å². The van der Waals surface area contributed by atoms with Crippen LogP contribution in [0.5, 0.6) is 0 Å². The van der Waals surface area contributed by atoms with Gasteiger partial charge in [0.25, 0.3) is 0 Å². The molecule has 1 saturated heterocycles. The third kappa shape index (κ3) is 2.20. The van der Waals surface area contributed by atoms with Crippen LogP contribution in [0.4, 0.5) is 0 Å². The molecule has 3 rings (SSSR count). The molecule has 18 heavy (non-hydrogen) atoms. The highest BCUT2D eigenvalue weighted by Crippen LogP contribution is 2.37. The number of benzene rings is 1. The molecule has 1 nitrogen and oxygen atoms in total. The quantitative estimate of drug-likeness (QED) is 0.894. The van der Waals surface area contributed by atoms with Crippen molar-refractivity contribution >= 4 is 22.9 Å². The van der Waals surface area contributed by atoms with Gasteiger partial charge in [-0.25, -0.2) is 0 Å². The first kappa shape index (κ1) is 12.2. The average Bonchev–Trinajstić information content (AvgIpc) is 2.83. The predicted molar refractivity (Wildman–Crippen MR) is 78.6 cm³/mol. The zero-order valence-electron chi connectivity index (χ0n) is 10.2. The second-order valence-electron chi connectivity index (χ2n) is 4.94. The molecule has 94 valence electrons. The maximum Gasteiger partial charge on any atom is 0.0444 e. The van der Waals surface area contributed by atoms with Crippen LogP contribution in [0.2, 0.25) is 5.02 Å². The van der Waals surface area contributed by atoms with E-state index in [1.807, 2.05) is 23.5 Å². The monoisotopic (exact) mass is 277 g/mol. The Balaban J connectivity index is 1.80. The Morgan fingerprint density at radius 3 is 2.61 bits per heavy atom. The molecule has 0 atom stereocenters. The summed E-state index contributed by atoms with van der Waals surface area (Å²) in [7, 11) is 0. The highest BCUT2D eigenvalue weighted by molar-refractivity contribution is 7.09. The second-order valence-corrected chi connectivity index (χ2v) is 6.38. The summed E-state index contributed by atoms with van der Waals surface area (Å²) in [5.74, 6) is 0. The van der Waals surface area contributed by atoms with E-state index < -0.39 is 0 Å². The molecule has 0 aliphatic carbocycles. The standard InChI is InChI=1S/C15H16ClNS/c16-14-6-2-1-5-13(14)15(10-17-11-15)8-7-12-4-3-9-18-12/h1-6,9,17H,7-8,10-11H2. The van der Waals surface area contributed by atoms with Crippen LogP contribution in [0.25, 0.3) is 0 Å². The van der Waals surface area contributed by atoms with Gasteiger partial charge in [-0.1, -0.05) is 35.9 Å². The van der Waals surface area contributed by atoms with E-state index in [1.165, 1.54) is 16.9 Å². The first-order valence-corrected chi connectivity index (χ1v) is 7.54. The van der Waals surface area contributed by atoms with Crippen LogP contribution in [-0.4, -0.2) is 13.1 Å². The van der Waals surface area contributed by atoms with E-state index in [1.54, 1.807) is 0 Å². The largest absolute Gasteiger partial charge is 0.315 e. The number of aryl methyl sites for hydroxylation is 1. The van der Waals surface area contributed by atoms with Crippen LogP contribution in [0.3, 0.4) is 0 Å². The molecule has 1 aliphatic rings. The summed E-state index contributed by atoms with van der Waals surface area (Å²) in [4.78, 5) is 1.47. The Morgan fingerprint density at radius 1 is 1.17 bits per heavy atom. The molecule has 0 amide bonds. The summed E-state index contributed by atoms with van der Waals surface area (Å²) in [6.45, 7) is 2.09. The minimum Gasteiger partial charge on any atom is -0.315 e. The van der Waals surface area contributed by atoms with Crippen molar-refractivity contribution in [3.05, 3.63) is 57.2 Å². The molecule has 2 aromatic rings. The molecule has 0 saturated carbocycles. The summed E-state index contributed by atoms with van der Waals surface area (Å²) in [5.41, 5.74) is 1.55.